The van der Waals surface area contributed by atoms with E-state index in [1.54, 1.807) is 6.08 Å². The van der Waals surface area contributed by atoms with Gasteiger partial charge in [0.25, 0.3) is 0 Å². The van der Waals surface area contributed by atoms with Crippen LogP contribution in [0.3, 0.4) is 0 Å². The van der Waals surface area contributed by atoms with E-state index in [1.807, 2.05) is 46.2 Å². The van der Waals surface area contributed by atoms with Crippen molar-refractivity contribution in [3.05, 3.63) is 42.0 Å². The van der Waals surface area contributed by atoms with Crippen LogP contribution in [0.15, 0.2) is 36.4 Å². The predicted octanol–water partition coefficient (Wildman–Crippen LogP) is 2.56. The molecule has 23 heavy (non-hydrogen) atoms. The van der Waals surface area contributed by atoms with E-state index in [4.69, 9.17) is 0 Å². The van der Waals surface area contributed by atoms with Gasteiger partial charge in [-0.3, -0.25) is 9.59 Å². The maximum Gasteiger partial charge on any atom is 0.246 e. The van der Waals surface area contributed by atoms with E-state index in [9.17, 15) is 9.59 Å². The lowest BCUT2D eigenvalue weighted by atomic mass is 10.1. The minimum atomic E-state index is 0.0295. The molecule has 0 atom stereocenters. The normalized spacial score (nSPS) is 19.5. The van der Waals surface area contributed by atoms with Gasteiger partial charge in [0.2, 0.25) is 11.8 Å². The second-order valence-electron chi connectivity index (χ2n) is 6.38. The molecule has 1 saturated carbocycles. The van der Waals surface area contributed by atoms with E-state index in [2.05, 4.69) is 0 Å². The molecule has 2 aliphatic rings. The van der Waals surface area contributed by atoms with E-state index in [-0.39, 0.29) is 11.8 Å². The summed E-state index contributed by atoms with van der Waals surface area (Å²) in [6.45, 7) is 2.60. The first-order chi connectivity index (χ1) is 11.2. The van der Waals surface area contributed by atoms with Gasteiger partial charge < -0.3 is 9.80 Å². The van der Waals surface area contributed by atoms with Gasteiger partial charge in [-0.2, -0.15) is 0 Å². The van der Waals surface area contributed by atoms with E-state index in [0.717, 1.165) is 18.4 Å². The number of nitrogens with zero attached hydrogens (tertiary/aromatic N) is 2. The van der Waals surface area contributed by atoms with E-state index >= 15 is 0 Å². The topological polar surface area (TPSA) is 40.6 Å². The van der Waals surface area contributed by atoms with Crippen molar-refractivity contribution in [3.8, 4) is 0 Å². The third kappa shape index (κ3) is 4.01. The summed E-state index contributed by atoms with van der Waals surface area (Å²) in [7, 11) is 0. The van der Waals surface area contributed by atoms with Crippen LogP contribution >= 0.6 is 0 Å². The number of rotatable bonds is 3. The Morgan fingerprint density at radius 3 is 2.17 bits per heavy atom. The zero-order chi connectivity index (χ0) is 16.1. The van der Waals surface area contributed by atoms with Gasteiger partial charge in [-0.25, -0.2) is 0 Å². The Hall–Kier alpha value is -2.10. The van der Waals surface area contributed by atoms with Crippen LogP contribution in [0.1, 0.15) is 31.2 Å². The fourth-order valence-electron chi connectivity index (χ4n) is 3.42. The third-order valence-electron chi connectivity index (χ3n) is 4.83. The quantitative estimate of drug-likeness (QED) is 0.805. The summed E-state index contributed by atoms with van der Waals surface area (Å²) in [5.41, 5.74) is 1.02. The summed E-state index contributed by atoms with van der Waals surface area (Å²) in [4.78, 5) is 28.4. The summed E-state index contributed by atoms with van der Waals surface area (Å²) in [5, 5.41) is 0. The number of amides is 2. The molecular weight excluding hydrogens is 288 g/mol. The van der Waals surface area contributed by atoms with Crippen LogP contribution in [-0.4, -0.2) is 47.8 Å². The van der Waals surface area contributed by atoms with Gasteiger partial charge in [0, 0.05) is 38.2 Å². The maximum absolute atomic E-state index is 12.4. The molecule has 2 fully saturated rings. The summed E-state index contributed by atoms with van der Waals surface area (Å²) < 4.78 is 0. The molecule has 2 amide bonds. The van der Waals surface area contributed by atoms with Crippen LogP contribution in [0.5, 0.6) is 0 Å². The molecule has 0 radical (unpaired) electrons. The van der Waals surface area contributed by atoms with Crippen molar-refractivity contribution in [2.75, 3.05) is 26.2 Å². The lowest BCUT2D eigenvalue weighted by molar-refractivity contribution is -0.140. The molecule has 0 N–H and O–H groups in total. The Bertz CT molecular complexity index is 568. The Balaban J connectivity index is 1.49. The fraction of sp³-hybridized carbons (Fsp3) is 0.474. The van der Waals surface area contributed by atoms with Gasteiger partial charge in [-0.1, -0.05) is 43.2 Å². The van der Waals surface area contributed by atoms with Crippen molar-refractivity contribution in [2.45, 2.75) is 25.7 Å². The number of hydrogen-bond acceptors (Lipinski definition) is 2. The summed E-state index contributed by atoms with van der Waals surface area (Å²) in [6.07, 6.45) is 7.91. The molecule has 0 bridgehead atoms. The van der Waals surface area contributed by atoms with E-state index in [0.29, 0.717) is 32.1 Å². The highest BCUT2D eigenvalue weighted by Crippen LogP contribution is 2.26. The monoisotopic (exact) mass is 312 g/mol. The summed E-state index contributed by atoms with van der Waals surface area (Å²) in [5.74, 6) is 0.562. The van der Waals surface area contributed by atoms with E-state index < -0.39 is 0 Å². The van der Waals surface area contributed by atoms with Crippen LogP contribution in [0.25, 0.3) is 6.08 Å². The predicted molar refractivity (Wildman–Crippen MR) is 90.6 cm³/mol. The highest BCUT2D eigenvalue weighted by atomic mass is 16.2. The Labute approximate surface area is 137 Å². The molecule has 1 heterocycles. The summed E-state index contributed by atoms with van der Waals surface area (Å²) in [6, 6.07) is 9.82. The van der Waals surface area contributed by atoms with Crippen LogP contribution < -0.4 is 0 Å². The first-order valence-electron chi connectivity index (χ1n) is 8.55. The van der Waals surface area contributed by atoms with Gasteiger partial charge in [-0.15, -0.1) is 0 Å². The molecule has 4 nitrogen and oxygen atoms in total. The third-order valence-corrected chi connectivity index (χ3v) is 4.83. The highest BCUT2D eigenvalue weighted by Gasteiger charge is 2.29. The SMILES string of the molecule is O=C(/C=C\c1ccccc1)N1CCN(C(=O)C2CCCC2)CC1. The van der Waals surface area contributed by atoms with Gasteiger partial charge in [0.15, 0.2) is 0 Å². The second kappa shape index (κ2) is 7.44. The molecule has 0 unspecified atom stereocenters. The van der Waals surface area contributed by atoms with Gasteiger partial charge in [0.1, 0.15) is 0 Å². The first-order valence-corrected chi connectivity index (χ1v) is 8.55. The molecule has 0 aromatic heterocycles. The maximum atomic E-state index is 12.4. The molecule has 1 saturated heterocycles. The largest absolute Gasteiger partial charge is 0.339 e. The first kappa shape index (κ1) is 15.8. The lowest BCUT2D eigenvalue weighted by Crippen LogP contribution is -2.51. The van der Waals surface area contributed by atoms with Crippen molar-refractivity contribution >= 4 is 17.9 Å². The number of benzene rings is 1. The second-order valence-corrected chi connectivity index (χ2v) is 6.38. The summed E-state index contributed by atoms with van der Waals surface area (Å²) >= 11 is 0. The average Bonchev–Trinajstić information content (AvgIpc) is 3.15. The molecule has 4 heteroatoms. The standard InChI is InChI=1S/C19H24N2O2/c22-18(11-10-16-6-2-1-3-7-16)20-12-14-21(15-13-20)19(23)17-8-4-5-9-17/h1-3,6-7,10-11,17H,4-5,8-9,12-15H2/b11-10-. The zero-order valence-electron chi connectivity index (χ0n) is 13.5. The number of carbonyl (C=O) groups is 2. The van der Waals surface area contributed by atoms with E-state index in [1.165, 1.54) is 12.8 Å². The van der Waals surface area contributed by atoms with Gasteiger partial charge in [0.05, 0.1) is 0 Å². The Morgan fingerprint density at radius 1 is 0.913 bits per heavy atom. The van der Waals surface area contributed by atoms with Crippen molar-refractivity contribution in [2.24, 2.45) is 5.92 Å². The molecular formula is C19H24N2O2. The number of piperazine rings is 1. The molecule has 1 aromatic carbocycles. The van der Waals surface area contributed by atoms with Gasteiger partial charge >= 0.3 is 0 Å². The van der Waals surface area contributed by atoms with Crippen LogP contribution in [-0.2, 0) is 9.59 Å². The molecule has 3 rings (SSSR count). The van der Waals surface area contributed by atoms with Crippen LogP contribution in [0.2, 0.25) is 0 Å². The minimum absolute atomic E-state index is 0.0295. The molecule has 122 valence electrons. The van der Waals surface area contributed by atoms with Crippen molar-refractivity contribution < 1.29 is 9.59 Å². The van der Waals surface area contributed by atoms with Crippen LogP contribution in [0, 0.1) is 5.92 Å². The minimum Gasteiger partial charge on any atom is -0.339 e. The molecule has 1 aromatic rings. The lowest BCUT2D eigenvalue weighted by Gasteiger charge is -2.35. The molecule has 1 aliphatic heterocycles. The number of hydrogen-bond donors (Lipinski definition) is 0. The van der Waals surface area contributed by atoms with Crippen molar-refractivity contribution in [3.63, 3.8) is 0 Å². The number of carbonyl (C=O) groups excluding carboxylic acids is 2. The molecule has 1 aliphatic carbocycles. The Morgan fingerprint density at radius 2 is 1.52 bits per heavy atom. The molecule has 0 spiro atoms. The Kier molecular flexibility index (Phi) is 5.11. The van der Waals surface area contributed by atoms with Gasteiger partial charge in [-0.05, 0) is 24.5 Å². The highest BCUT2D eigenvalue weighted by molar-refractivity contribution is 5.92. The van der Waals surface area contributed by atoms with Crippen LogP contribution in [0.4, 0.5) is 0 Å². The fourth-order valence-corrected chi connectivity index (χ4v) is 3.42. The smallest absolute Gasteiger partial charge is 0.246 e. The van der Waals surface area contributed by atoms with Crippen molar-refractivity contribution in [1.29, 1.82) is 0 Å². The zero-order valence-corrected chi connectivity index (χ0v) is 13.5. The average molecular weight is 312 g/mol. The van der Waals surface area contributed by atoms with Crippen molar-refractivity contribution in [1.82, 2.24) is 9.80 Å².